The number of hydrogen-bond donors (Lipinski definition) is 2. The van der Waals surface area contributed by atoms with Crippen LogP contribution in [0.2, 0.25) is 5.02 Å². The maximum atomic E-state index is 10.9. The molecule has 0 spiro atoms. The molecule has 2 aromatic carbocycles. The van der Waals surface area contributed by atoms with Crippen LogP contribution in [0.5, 0.6) is 5.75 Å². The number of halogens is 2. The lowest BCUT2D eigenvalue weighted by Gasteiger charge is -2.09. The Bertz CT molecular complexity index is 682. The van der Waals surface area contributed by atoms with Gasteiger partial charge in [0.2, 0.25) is 0 Å². The smallest absolute Gasteiger partial charge is 0.294 e. The second kappa shape index (κ2) is 6.75. The minimum absolute atomic E-state index is 0.112. The van der Waals surface area contributed by atoms with Crippen LogP contribution in [-0.4, -0.2) is 4.92 Å². The van der Waals surface area contributed by atoms with Gasteiger partial charge < -0.3 is 10.2 Å². The highest BCUT2D eigenvalue weighted by Crippen LogP contribution is 2.30. The van der Waals surface area contributed by atoms with Crippen molar-refractivity contribution in [2.45, 2.75) is 6.61 Å². The molecule has 8 heteroatoms. The molecular weight excluding hydrogens is 362 g/mol. The number of hydrogen-bond acceptors (Lipinski definition) is 5. The second-order valence-electron chi connectivity index (χ2n) is 4.12. The average molecular weight is 373 g/mol. The summed E-state index contributed by atoms with van der Waals surface area (Å²) >= 11 is 9.33. The third-order valence-corrected chi connectivity index (χ3v) is 3.51. The van der Waals surface area contributed by atoms with Gasteiger partial charge in [0.15, 0.2) is 0 Å². The van der Waals surface area contributed by atoms with E-state index in [1.807, 2.05) is 0 Å². The first-order valence-electron chi connectivity index (χ1n) is 5.83. The summed E-state index contributed by atoms with van der Waals surface area (Å²) in [6, 6.07) is 9.84. The molecule has 21 heavy (non-hydrogen) atoms. The van der Waals surface area contributed by atoms with E-state index in [1.54, 1.807) is 24.3 Å². The minimum atomic E-state index is -0.509. The second-order valence-corrected chi connectivity index (χ2v) is 5.44. The lowest BCUT2D eigenvalue weighted by Crippen LogP contribution is -2.09. The monoisotopic (exact) mass is 371 g/mol. The third kappa shape index (κ3) is 3.84. The minimum Gasteiger partial charge on any atom is -0.487 e. The average Bonchev–Trinajstić information content (AvgIpc) is 2.47. The van der Waals surface area contributed by atoms with Crippen molar-refractivity contribution >= 4 is 38.9 Å². The van der Waals surface area contributed by atoms with Gasteiger partial charge in [-0.1, -0.05) is 33.6 Å². The molecule has 0 heterocycles. The Kier molecular flexibility index (Phi) is 5.00. The molecule has 6 nitrogen and oxygen atoms in total. The van der Waals surface area contributed by atoms with Crippen LogP contribution in [0.4, 0.5) is 11.4 Å². The standard InChI is InChI=1S/C13H11BrClN3O3/c14-9-2-3-10(15)13(6-9)21-7-8-1-4-11(17-16)12(5-8)18(19)20/h1-6,17H,7,16H2. The Morgan fingerprint density at radius 3 is 2.76 bits per heavy atom. The van der Waals surface area contributed by atoms with Crippen LogP contribution in [0.15, 0.2) is 40.9 Å². The fraction of sp³-hybridized carbons (Fsp3) is 0.0769. The largest absolute Gasteiger partial charge is 0.487 e. The van der Waals surface area contributed by atoms with E-state index in [4.69, 9.17) is 22.2 Å². The van der Waals surface area contributed by atoms with E-state index >= 15 is 0 Å². The summed E-state index contributed by atoms with van der Waals surface area (Å²) in [6.45, 7) is 0.155. The van der Waals surface area contributed by atoms with E-state index in [-0.39, 0.29) is 18.0 Å². The van der Waals surface area contributed by atoms with Gasteiger partial charge in [-0.05, 0) is 29.8 Å². The highest BCUT2D eigenvalue weighted by molar-refractivity contribution is 9.10. The maximum absolute atomic E-state index is 10.9. The van der Waals surface area contributed by atoms with Gasteiger partial charge in [-0.2, -0.15) is 0 Å². The van der Waals surface area contributed by atoms with E-state index in [1.165, 1.54) is 12.1 Å². The van der Waals surface area contributed by atoms with E-state index < -0.39 is 4.92 Å². The highest BCUT2D eigenvalue weighted by atomic mass is 79.9. The number of ether oxygens (including phenoxy) is 1. The molecule has 0 saturated heterocycles. The fourth-order valence-electron chi connectivity index (χ4n) is 1.69. The number of rotatable bonds is 5. The highest BCUT2D eigenvalue weighted by Gasteiger charge is 2.14. The van der Waals surface area contributed by atoms with E-state index in [0.717, 1.165) is 4.47 Å². The van der Waals surface area contributed by atoms with Crippen LogP contribution in [0, 0.1) is 10.1 Å². The zero-order chi connectivity index (χ0) is 15.4. The van der Waals surface area contributed by atoms with Crippen LogP contribution >= 0.6 is 27.5 Å². The molecule has 2 rings (SSSR count). The number of nitrogens with two attached hydrogens (primary N) is 1. The predicted molar refractivity (Wildman–Crippen MR) is 84.4 cm³/mol. The molecule has 0 unspecified atom stereocenters. The molecule has 0 aliphatic carbocycles. The summed E-state index contributed by atoms with van der Waals surface area (Å²) < 4.78 is 6.40. The topological polar surface area (TPSA) is 90.4 Å². The Morgan fingerprint density at radius 2 is 2.10 bits per heavy atom. The Labute approximate surface area is 134 Å². The van der Waals surface area contributed by atoms with Crippen molar-refractivity contribution in [3.05, 3.63) is 61.6 Å². The van der Waals surface area contributed by atoms with Crippen molar-refractivity contribution < 1.29 is 9.66 Å². The van der Waals surface area contributed by atoms with E-state index in [0.29, 0.717) is 16.3 Å². The molecule has 0 saturated carbocycles. The van der Waals surface area contributed by atoms with Crippen molar-refractivity contribution in [1.82, 2.24) is 0 Å². The number of nitrogen functional groups attached to an aromatic ring is 1. The number of nitrogens with zero attached hydrogens (tertiary/aromatic N) is 1. The zero-order valence-corrected chi connectivity index (χ0v) is 13.0. The number of hydrazine groups is 1. The summed E-state index contributed by atoms with van der Waals surface area (Å²) in [5, 5.41) is 11.4. The summed E-state index contributed by atoms with van der Waals surface area (Å²) in [5.41, 5.74) is 3.05. The molecule has 0 fully saturated rings. The Morgan fingerprint density at radius 1 is 1.33 bits per heavy atom. The molecule has 0 aliphatic heterocycles. The predicted octanol–water partition coefficient (Wildman–Crippen LogP) is 3.88. The molecule has 3 N–H and O–H groups in total. The third-order valence-electron chi connectivity index (χ3n) is 2.70. The van der Waals surface area contributed by atoms with Crippen LogP contribution < -0.4 is 16.0 Å². The number of nitro benzene ring substituents is 1. The number of nitrogens with one attached hydrogen (secondary N) is 1. The Hall–Kier alpha value is -1.83. The quantitative estimate of drug-likeness (QED) is 0.472. The summed E-state index contributed by atoms with van der Waals surface area (Å²) in [6.07, 6.45) is 0. The summed E-state index contributed by atoms with van der Waals surface area (Å²) in [4.78, 5) is 10.4. The summed E-state index contributed by atoms with van der Waals surface area (Å²) in [5.74, 6) is 5.73. The van der Waals surface area contributed by atoms with Gasteiger partial charge in [-0.3, -0.25) is 16.0 Å². The van der Waals surface area contributed by atoms with Crippen molar-refractivity contribution in [3.63, 3.8) is 0 Å². The van der Waals surface area contributed by atoms with Crippen LogP contribution in [0.3, 0.4) is 0 Å². The van der Waals surface area contributed by atoms with Gasteiger partial charge in [0.05, 0.1) is 9.95 Å². The first kappa shape index (κ1) is 15.6. The van der Waals surface area contributed by atoms with E-state index in [2.05, 4.69) is 21.4 Å². The number of benzene rings is 2. The van der Waals surface area contributed by atoms with Crippen molar-refractivity contribution in [2.75, 3.05) is 5.43 Å². The lowest BCUT2D eigenvalue weighted by atomic mass is 10.2. The van der Waals surface area contributed by atoms with Crippen molar-refractivity contribution in [3.8, 4) is 5.75 Å². The van der Waals surface area contributed by atoms with Crippen LogP contribution in [0.1, 0.15) is 5.56 Å². The maximum Gasteiger partial charge on any atom is 0.294 e. The summed E-state index contributed by atoms with van der Waals surface area (Å²) in [7, 11) is 0. The van der Waals surface area contributed by atoms with Gasteiger partial charge in [0.1, 0.15) is 18.0 Å². The van der Waals surface area contributed by atoms with Crippen LogP contribution in [0.25, 0.3) is 0 Å². The number of anilines is 1. The molecule has 0 aliphatic rings. The lowest BCUT2D eigenvalue weighted by molar-refractivity contribution is -0.384. The van der Waals surface area contributed by atoms with E-state index in [9.17, 15) is 10.1 Å². The molecule has 2 aromatic rings. The Balaban J connectivity index is 2.18. The van der Waals surface area contributed by atoms with Gasteiger partial charge >= 0.3 is 0 Å². The molecule has 0 amide bonds. The first-order valence-corrected chi connectivity index (χ1v) is 7.00. The van der Waals surface area contributed by atoms with Gasteiger partial charge in [0.25, 0.3) is 5.69 Å². The van der Waals surface area contributed by atoms with Crippen molar-refractivity contribution in [1.29, 1.82) is 0 Å². The molecule has 0 atom stereocenters. The van der Waals surface area contributed by atoms with Crippen LogP contribution in [-0.2, 0) is 6.61 Å². The van der Waals surface area contributed by atoms with Gasteiger partial charge in [-0.25, -0.2) is 0 Å². The molecular formula is C13H11BrClN3O3. The number of nitro groups is 1. The zero-order valence-electron chi connectivity index (χ0n) is 10.7. The van der Waals surface area contributed by atoms with Gasteiger partial charge in [-0.15, -0.1) is 0 Å². The van der Waals surface area contributed by atoms with Gasteiger partial charge in [0, 0.05) is 10.5 Å². The SMILES string of the molecule is NNc1ccc(COc2cc(Br)ccc2Cl)cc1[N+](=O)[O-]. The van der Waals surface area contributed by atoms with Crippen molar-refractivity contribution in [2.24, 2.45) is 5.84 Å². The molecule has 0 radical (unpaired) electrons. The molecule has 110 valence electrons. The molecule has 0 bridgehead atoms. The first-order chi connectivity index (χ1) is 10.0. The molecule has 0 aromatic heterocycles. The fourth-order valence-corrected chi connectivity index (χ4v) is 2.20. The normalized spacial score (nSPS) is 10.2.